The zero-order valence-corrected chi connectivity index (χ0v) is 14.6. The molecule has 2 saturated carbocycles. The van der Waals surface area contributed by atoms with Crippen LogP contribution in [0.4, 0.5) is 5.69 Å². The minimum atomic E-state index is -0.150. The lowest BCUT2D eigenvalue weighted by Crippen LogP contribution is -2.50. The van der Waals surface area contributed by atoms with Gasteiger partial charge in [0.05, 0.1) is 5.92 Å². The topological polar surface area (TPSA) is 49.9 Å². The molecule has 1 aliphatic heterocycles. The highest BCUT2D eigenvalue weighted by molar-refractivity contribution is 5.81. The first-order chi connectivity index (χ1) is 12.2. The van der Waals surface area contributed by atoms with Crippen LogP contribution in [0.2, 0.25) is 0 Å². The van der Waals surface area contributed by atoms with E-state index < -0.39 is 0 Å². The maximum Gasteiger partial charge on any atom is 0.309 e. The Bertz CT molecular complexity index is 625. The summed E-state index contributed by atoms with van der Waals surface area (Å²) in [6.07, 6.45) is 4.56. The third-order valence-electron chi connectivity index (χ3n) is 6.13. The highest BCUT2D eigenvalue weighted by Gasteiger charge is 2.44. The van der Waals surface area contributed by atoms with Gasteiger partial charge in [0.15, 0.2) is 6.61 Å². The molecule has 2 bridgehead atoms. The zero-order valence-electron chi connectivity index (χ0n) is 14.6. The van der Waals surface area contributed by atoms with E-state index in [1.54, 1.807) is 0 Å². The SMILES string of the molecule is O=C(OCC(=O)N1CCN(c2ccccc2)CC1)[C@H]1C[C@H]2CC[C@H]1C2. The Balaban J connectivity index is 1.22. The molecule has 5 nitrogen and oxygen atoms in total. The van der Waals surface area contributed by atoms with Crippen molar-refractivity contribution in [1.82, 2.24) is 4.90 Å². The van der Waals surface area contributed by atoms with E-state index in [4.69, 9.17) is 4.74 Å². The molecule has 3 atom stereocenters. The van der Waals surface area contributed by atoms with E-state index in [2.05, 4.69) is 17.0 Å². The molecule has 1 aromatic carbocycles. The lowest BCUT2D eigenvalue weighted by molar-refractivity contribution is -0.157. The molecule has 134 valence electrons. The summed E-state index contributed by atoms with van der Waals surface area (Å²) >= 11 is 0. The van der Waals surface area contributed by atoms with E-state index in [1.807, 2.05) is 23.1 Å². The van der Waals surface area contributed by atoms with Crippen molar-refractivity contribution >= 4 is 17.6 Å². The Morgan fingerprint density at radius 2 is 1.76 bits per heavy atom. The van der Waals surface area contributed by atoms with Crippen LogP contribution in [-0.2, 0) is 14.3 Å². The number of fused-ring (bicyclic) bond motifs is 2. The smallest absolute Gasteiger partial charge is 0.309 e. The van der Waals surface area contributed by atoms with Gasteiger partial charge in [-0.3, -0.25) is 9.59 Å². The van der Waals surface area contributed by atoms with Gasteiger partial charge in [-0.1, -0.05) is 24.6 Å². The fraction of sp³-hybridized carbons (Fsp3) is 0.600. The van der Waals surface area contributed by atoms with Gasteiger partial charge in [0.1, 0.15) is 0 Å². The van der Waals surface area contributed by atoms with E-state index in [-0.39, 0.29) is 24.4 Å². The third-order valence-corrected chi connectivity index (χ3v) is 6.13. The monoisotopic (exact) mass is 342 g/mol. The van der Waals surface area contributed by atoms with Crippen LogP contribution < -0.4 is 4.90 Å². The number of anilines is 1. The summed E-state index contributed by atoms with van der Waals surface area (Å²) in [5.41, 5.74) is 1.19. The fourth-order valence-corrected chi connectivity index (χ4v) is 4.72. The zero-order chi connectivity index (χ0) is 17.2. The molecule has 0 aromatic heterocycles. The van der Waals surface area contributed by atoms with E-state index in [0.717, 1.165) is 25.9 Å². The number of nitrogens with zero attached hydrogens (tertiary/aromatic N) is 2. The molecular weight excluding hydrogens is 316 g/mol. The summed E-state index contributed by atoms with van der Waals surface area (Å²) < 4.78 is 5.36. The first-order valence-corrected chi connectivity index (χ1v) is 9.45. The average Bonchev–Trinajstić information content (AvgIpc) is 3.30. The van der Waals surface area contributed by atoms with Crippen molar-refractivity contribution in [2.45, 2.75) is 25.7 Å². The molecule has 1 aromatic rings. The Labute approximate surface area is 148 Å². The number of hydrogen-bond acceptors (Lipinski definition) is 4. The Morgan fingerprint density at radius 1 is 1.00 bits per heavy atom. The second kappa shape index (κ2) is 7.06. The lowest BCUT2D eigenvalue weighted by Gasteiger charge is -2.36. The third kappa shape index (κ3) is 3.51. The minimum Gasteiger partial charge on any atom is -0.455 e. The summed E-state index contributed by atoms with van der Waals surface area (Å²) in [7, 11) is 0. The quantitative estimate of drug-likeness (QED) is 0.788. The molecule has 1 amide bonds. The van der Waals surface area contributed by atoms with Gasteiger partial charge in [-0.05, 0) is 43.2 Å². The largest absolute Gasteiger partial charge is 0.455 e. The number of carbonyl (C=O) groups excluding carboxylic acids is 2. The molecule has 25 heavy (non-hydrogen) atoms. The molecule has 0 unspecified atom stereocenters. The summed E-state index contributed by atoms with van der Waals surface area (Å²) in [6.45, 7) is 2.89. The molecule has 5 heteroatoms. The summed E-state index contributed by atoms with van der Waals surface area (Å²) in [5, 5.41) is 0. The maximum atomic E-state index is 12.4. The molecule has 2 aliphatic carbocycles. The Morgan fingerprint density at radius 3 is 2.40 bits per heavy atom. The summed E-state index contributed by atoms with van der Waals surface area (Å²) in [6, 6.07) is 10.3. The second-order valence-corrected chi connectivity index (χ2v) is 7.59. The highest BCUT2D eigenvalue weighted by atomic mass is 16.5. The van der Waals surface area contributed by atoms with Crippen molar-refractivity contribution < 1.29 is 14.3 Å². The molecule has 1 heterocycles. The molecule has 3 aliphatic rings. The molecule has 3 fully saturated rings. The number of rotatable bonds is 4. The van der Waals surface area contributed by atoms with Gasteiger partial charge in [0, 0.05) is 31.9 Å². The number of amides is 1. The van der Waals surface area contributed by atoms with Crippen LogP contribution in [0.1, 0.15) is 25.7 Å². The van der Waals surface area contributed by atoms with E-state index in [1.165, 1.54) is 18.5 Å². The number of ether oxygens (including phenoxy) is 1. The van der Waals surface area contributed by atoms with Crippen LogP contribution in [0.3, 0.4) is 0 Å². The second-order valence-electron chi connectivity index (χ2n) is 7.59. The van der Waals surface area contributed by atoms with Gasteiger partial charge in [-0.2, -0.15) is 0 Å². The maximum absolute atomic E-state index is 12.4. The van der Waals surface area contributed by atoms with Crippen LogP contribution in [0.5, 0.6) is 0 Å². The van der Waals surface area contributed by atoms with Gasteiger partial charge in [0.25, 0.3) is 5.91 Å². The van der Waals surface area contributed by atoms with Crippen molar-refractivity contribution in [2.75, 3.05) is 37.7 Å². The predicted molar refractivity (Wildman–Crippen MR) is 95.1 cm³/mol. The number of benzene rings is 1. The van der Waals surface area contributed by atoms with Crippen molar-refractivity contribution in [3.05, 3.63) is 30.3 Å². The predicted octanol–water partition coefficient (Wildman–Crippen LogP) is 2.31. The van der Waals surface area contributed by atoms with E-state index in [0.29, 0.717) is 24.9 Å². The normalized spacial score (nSPS) is 28.2. The van der Waals surface area contributed by atoms with Gasteiger partial charge in [0.2, 0.25) is 0 Å². The van der Waals surface area contributed by atoms with Crippen LogP contribution in [0.15, 0.2) is 30.3 Å². The Kier molecular flexibility index (Phi) is 4.64. The van der Waals surface area contributed by atoms with Crippen molar-refractivity contribution in [1.29, 1.82) is 0 Å². The molecular formula is C20H26N2O3. The highest BCUT2D eigenvalue weighted by Crippen LogP contribution is 2.48. The van der Waals surface area contributed by atoms with E-state index in [9.17, 15) is 9.59 Å². The number of piperazine rings is 1. The fourth-order valence-electron chi connectivity index (χ4n) is 4.72. The van der Waals surface area contributed by atoms with Gasteiger partial charge in [-0.15, -0.1) is 0 Å². The number of para-hydroxylation sites is 1. The van der Waals surface area contributed by atoms with Gasteiger partial charge >= 0.3 is 5.97 Å². The minimum absolute atomic E-state index is 0.0430. The average molecular weight is 342 g/mol. The van der Waals surface area contributed by atoms with Crippen LogP contribution in [-0.4, -0.2) is 49.6 Å². The number of esters is 1. The molecule has 0 N–H and O–H groups in total. The first kappa shape index (κ1) is 16.4. The van der Waals surface area contributed by atoms with E-state index >= 15 is 0 Å². The Hall–Kier alpha value is -2.04. The summed E-state index contributed by atoms with van der Waals surface area (Å²) in [4.78, 5) is 28.7. The molecule has 0 spiro atoms. The van der Waals surface area contributed by atoms with Crippen molar-refractivity contribution in [2.24, 2.45) is 17.8 Å². The molecule has 4 rings (SSSR count). The van der Waals surface area contributed by atoms with Crippen molar-refractivity contribution in [3.63, 3.8) is 0 Å². The number of hydrogen-bond donors (Lipinski definition) is 0. The standard InChI is InChI=1S/C20H26N2O3/c23-19(14-25-20(24)18-13-15-6-7-16(18)12-15)22-10-8-21(9-11-22)17-4-2-1-3-5-17/h1-5,15-16,18H,6-14H2/t15-,16-,18-/m0/s1. The number of carbonyl (C=O) groups is 2. The van der Waals surface area contributed by atoms with Gasteiger partial charge < -0.3 is 14.5 Å². The van der Waals surface area contributed by atoms with Crippen molar-refractivity contribution in [3.8, 4) is 0 Å². The van der Waals surface area contributed by atoms with Crippen LogP contribution in [0.25, 0.3) is 0 Å². The molecule has 1 saturated heterocycles. The van der Waals surface area contributed by atoms with Crippen LogP contribution in [0, 0.1) is 17.8 Å². The molecule has 0 radical (unpaired) electrons. The summed E-state index contributed by atoms with van der Waals surface area (Å²) in [5.74, 6) is 1.04. The first-order valence-electron chi connectivity index (χ1n) is 9.45. The van der Waals surface area contributed by atoms with Gasteiger partial charge in [-0.25, -0.2) is 0 Å². The lowest BCUT2D eigenvalue weighted by atomic mass is 9.89. The van der Waals surface area contributed by atoms with Crippen LogP contribution >= 0.6 is 0 Å².